The van der Waals surface area contributed by atoms with Gasteiger partial charge in [0.2, 0.25) is 5.91 Å². The summed E-state index contributed by atoms with van der Waals surface area (Å²) in [6, 6.07) is 20.9. The van der Waals surface area contributed by atoms with Gasteiger partial charge in [0.25, 0.3) is 0 Å². The van der Waals surface area contributed by atoms with Crippen LogP contribution in [0.15, 0.2) is 72.8 Å². The second kappa shape index (κ2) is 9.76. The number of nitrogens with zero attached hydrogens (tertiary/aromatic N) is 3. The predicted molar refractivity (Wildman–Crippen MR) is 130 cm³/mol. The van der Waals surface area contributed by atoms with E-state index in [-0.39, 0.29) is 37.2 Å². The van der Waals surface area contributed by atoms with E-state index in [1.807, 2.05) is 41.0 Å². The number of para-hydroxylation sites is 4. The average Bonchev–Trinajstić information content (AvgIpc) is 3.44. The van der Waals surface area contributed by atoms with E-state index < -0.39 is 6.10 Å². The van der Waals surface area contributed by atoms with Crippen LogP contribution in [-0.4, -0.2) is 46.9 Å². The highest BCUT2D eigenvalue weighted by Crippen LogP contribution is 2.33. The standard InChI is InChI=1S/C27H26FN3O4/c1-34-24-8-4-5-9-25(24)35-17-21(32)16-31-23-7-3-2-6-22(23)29-27(31)18-14-26(33)30(15-18)20-12-10-19(28)11-13-20/h2-13,18,21,32H,14-17H2,1H3/t18-,21-/m0/s1. The van der Waals surface area contributed by atoms with Gasteiger partial charge in [-0.3, -0.25) is 4.79 Å². The third-order valence-electron chi connectivity index (χ3n) is 6.21. The van der Waals surface area contributed by atoms with Crippen molar-refractivity contribution in [2.24, 2.45) is 0 Å². The lowest BCUT2D eigenvalue weighted by atomic mass is 10.1. The van der Waals surface area contributed by atoms with Crippen LogP contribution in [0.4, 0.5) is 10.1 Å². The van der Waals surface area contributed by atoms with Crippen molar-refractivity contribution in [3.05, 3.63) is 84.4 Å². The number of carbonyl (C=O) groups excluding carboxylic acids is 1. The highest BCUT2D eigenvalue weighted by Gasteiger charge is 2.35. The largest absolute Gasteiger partial charge is 0.493 e. The molecule has 3 aromatic carbocycles. The molecule has 0 saturated carbocycles. The van der Waals surface area contributed by atoms with Gasteiger partial charge in [0, 0.05) is 24.6 Å². The first-order chi connectivity index (χ1) is 17.0. The number of carbonyl (C=O) groups is 1. The van der Waals surface area contributed by atoms with Crippen LogP contribution in [0.2, 0.25) is 0 Å². The Labute approximate surface area is 202 Å². The zero-order valence-corrected chi connectivity index (χ0v) is 19.3. The summed E-state index contributed by atoms with van der Waals surface area (Å²) in [5.41, 5.74) is 2.34. The molecule has 1 aliphatic heterocycles. The van der Waals surface area contributed by atoms with Gasteiger partial charge in [-0.05, 0) is 48.5 Å². The monoisotopic (exact) mass is 475 g/mol. The topological polar surface area (TPSA) is 76.8 Å². The number of aliphatic hydroxyl groups is 1. The molecule has 2 atom stereocenters. The maximum Gasteiger partial charge on any atom is 0.227 e. The van der Waals surface area contributed by atoms with Crippen LogP contribution in [0.5, 0.6) is 11.5 Å². The number of aliphatic hydroxyl groups excluding tert-OH is 1. The minimum Gasteiger partial charge on any atom is -0.493 e. The summed E-state index contributed by atoms with van der Waals surface area (Å²) < 4.78 is 26.5. The van der Waals surface area contributed by atoms with E-state index in [0.717, 1.165) is 16.9 Å². The smallest absolute Gasteiger partial charge is 0.227 e. The van der Waals surface area contributed by atoms with Gasteiger partial charge in [0.15, 0.2) is 11.5 Å². The normalized spacial score (nSPS) is 16.6. The van der Waals surface area contributed by atoms with Crippen molar-refractivity contribution >= 4 is 22.6 Å². The minimum atomic E-state index is -0.818. The Morgan fingerprint density at radius 2 is 1.77 bits per heavy atom. The molecule has 0 radical (unpaired) electrons. The first-order valence-corrected chi connectivity index (χ1v) is 11.5. The lowest BCUT2D eigenvalue weighted by Crippen LogP contribution is -2.26. The fourth-order valence-electron chi connectivity index (χ4n) is 4.54. The van der Waals surface area contributed by atoms with Gasteiger partial charge < -0.3 is 24.0 Å². The van der Waals surface area contributed by atoms with Gasteiger partial charge in [0.1, 0.15) is 24.4 Å². The zero-order valence-electron chi connectivity index (χ0n) is 19.3. The van der Waals surface area contributed by atoms with Crippen molar-refractivity contribution in [1.29, 1.82) is 0 Å². The number of aromatic nitrogens is 2. The molecule has 0 unspecified atom stereocenters. The van der Waals surface area contributed by atoms with Crippen LogP contribution in [0, 0.1) is 5.82 Å². The van der Waals surface area contributed by atoms with Crippen LogP contribution in [-0.2, 0) is 11.3 Å². The number of methoxy groups -OCH3 is 1. The summed E-state index contributed by atoms with van der Waals surface area (Å²) in [7, 11) is 1.57. The Kier molecular flexibility index (Phi) is 6.37. The Balaban J connectivity index is 1.37. The molecular weight excluding hydrogens is 449 g/mol. The second-order valence-corrected chi connectivity index (χ2v) is 8.57. The first-order valence-electron chi connectivity index (χ1n) is 11.5. The van der Waals surface area contributed by atoms with Crippen molar-refractivity contribution in [2.45, 2.75) is 25.0 Å². The molecule has 0 spiro atoms. The number of rotatable bonds is 8. The number of fused-ring (bicyclic) bond motifs is 1. The molecular formula is C27H26FN3O4. The molecule has 8 heteroatoms. The molecule has 1 fully saturated rings. The molecule has 1 aliphatic rings. The fraction of sp³-hybridized carbons (Fsp3) is 0.259. The quantitative estimate of drug-likeness (QED) is 0.415. The highest BCUT2D eigenvalue weighted by molar-refractivity contribution is 5.96. The second-order valence-electron chi connectivity index (χ2n) is 8.57. The molecule has 1 N–H and O–H groups in total. The van der Waals surface area contributed by atoms with E-state index in [1.54, 1.807) is 36.3 Å². The highest BCUT2D eigenvalue weighted by atomic mass is 19.1. The van der Waals surface area contributed by atoms with Crippen LogP contribution < -0.4 is 14.4 Å². The minimum absolute atomic E-state index is 0.0414. The molecule has 180 valence electrons. The van der Waals surface area contributed by atoms with Crippen LogP contribution in [0.1, 0.15) is 18.2 Å². The molecule has 2 heterocycles. The SMILES string of the molecule is COc1ccccc1OC[C@@H](O)Cn1c([C@H]2CC(=O)N(c3ccc(F)cc3)C2)nc2ccccc21. The number of hydrogen-bond acceptors (Lipinski definition) is 5. The summed E-state index contributed by atoms with van der Waals surface area (Å²) in [4.78, 5) is 19.3. The molecule has 0 aliphatic carbocycles. The molecule has 5 rings (SSSR count). The van der Waals surface area contributed by atoms with E-state index in [1.165, 1.54) is 12.1 Å². The van der Waals surface area contributed by atoms with Gasteiger partial charge >= 0.3 is 0 Å². The number of halogens is 1. The van der Waals surface area contributed by atoms with Crippen LogP contribution >= 0.6 is 0 Å². The van der Waals surface area contributed by atoms with Gasteiger partial charge in [0.05, 0.1) is 24.7 Å². The number of benzene rings is 3. The third kappa shape index (κ3) is 4.70. The molecule has 1 saturated heterocycles. The summed E-state index contributed by atoms with van der Waals surface area (Å²) in [5, 5.41) is 10.9. The number of imidazole rings is 1. The van der Waals surface area contributed by atoms with Crippen molar-refractivity contribution in [3.63, 3.8) is 0 Å². The fourth-order valence-corrected chi connectivity index (χ4v) is 4.54. The summed E-state index contributed by atoms with van der Waals surface area (Å²) in [6.45, 7) is 0.755. The zero-order chi connectivity index (χ0) is 24.4. The molecule has 35 heavy (non-hydrogen) atoms. The molecule has 1 amide bonds. The first kappa shape index (κ1) is 22.9. The van der Waals surface area contributed by atoms with Crippen molar-refractivity contribution in [1.82, 2.24) is 9.55 Å². The Morgan fingerprint density at radius 1 is 1.06 bits per heavy atom. The van der Waals surface area contributed by atoms with Crippen LogP contribution in [0.25, 0.3) is 11.0 Å². The lowest BCUT2D eigenvalue weighted by molar-refractivity contribution is -0.117. The Hall–Kier alpha value is -3.91. The van der Waals surface area contributed by atoms with Gasteiger partial charge in [-0.15, -0.1) is 0 Å². The summed E-state index contributed by atoms with van der Waals surface area (Å²) >= 11 is 0. The van der Waals surface area contributed by atoms with Crippen molar-refractivity contribution in [3.8, 4) is 11.5 Å². The molecule has 1 aromatic heterocycles. The third-order valence-corrected chi connectivity index (χ3v) is 6.21. The maximum absolute atomic E-state index is 13.4. The summed E-state index contributed by atoms with van der Waals surface area (Å²) in [5.74, 6) is 1.34. The van der Waals surface area contributed by atoms with E-state index in [2.05, 4.69) is 0 Å². The number of hydrogen-bond donors (Lipinski definition) is 1. The van der Waals surface area contributed by atoms with E-state index >= 15 is 0 Å². The maximum atomic E-state index is 13.4. The van der Waals surface area contributed by atoms with Crippen molar-refractivity contribution < 1.29 is 23.8 Å². The van der Waals surface area contributed by atoms with E-state index in [9.17, 15) is 14.3 Å². The summed E-state index contributed by atoms with van der Waals surface area (Å²) in [6.07, 6.45) is -0.532. The lowest BCUT2D eigenvalue weighted by Gasteiger charge is -2.19. The van der Waals surface area contributed by atoms with Crippen molar-refractivity contribution in [2.75, 3.05) is 25.2 Å². The Morgan fingerprint density at radius 3 is 2.54 bits per heavy atom. The van der Waals surface area contributed by atoms with Crippen LogP contribution in [0.3, 0.4) is 0 Å². The van der Waals surface area contributed by atoms with Gasteiger partial charge in [-0.1, -0.05) is 24.3 Å². The Bertz CT molecular complexity index is 1340. The van der Waals surface area contributed by atoms with Gasteiger partial charge in [-0.25, -0.2) is 9.37 Å². The van der Waals surface area contributed by atoms with E-state index in [4.69, 9.17) is 14.5 Å². The average molecular weight is 476 g/mol. The molecule has 7 nitrogen and oxygen atoms in total. The number of amides is 1. The van der Waals surface area contributed by atoms with E-state index in [0.29, 0.717) is 23.7 Å². The molecule has 4 aromatic rings. The van der Waals surface area contributed by atoms with Gasteiger partial charge in [-0.2, -0.15) is 0 Å². The number of anilines is 1. The predicted octanol–water partition coefficient (Wildman–Crippen LogP) is 4.14. The molecule has 0 bridgehead atoms. The number of ether oxygens (including phenoxy) is 2.